The van der Waals surface area contributed by atoms with Gasteiger partial charge in [-0.05, 0) is 82.1 Å². The van der Waals surface area contributed by atoms with Crippen LogP contribution >= 0.6 is 31.9 Å². The van der Waals surface area contributed by atoms with Crippen LogP contribution in [0.3, 0.4) is 0 Å². The molecule has 1 amide bonds. The van der Waals surface area contributed by atoms with Crippen LogP contribution in [0.1, 0.15) is 26.7 Å². The van der Waals surface area contributed by atoms with Crippen LogP contribution in [-0.2, 0) is 23.9 Å². The highest BCUT2D eigenvalue weighted by molar-refractivity contribution is 9.10. The third-order valence-electron chi connectivity index (χ3n) is 3.18. The molecule has 0 spiro atoms. The quantitative estimate of drug-likeness (QED) is 0.298. The number of hydrogen-bond donors (Lipinski definition) is 2. The van der Waals surface area contributed by atoms with Gasteiger partial charge in [0.25, 0.3) is 0 Å². The van der Waals surface area contributed by atoms with Crippen LogP contribution in [0.4, 0.5) is 20.2 Å². The molecule has 0 aliphatic carbocycles. The summed E-state index contributed by atoms with van der Waals surface area (Å²) in [5.41, 5.74) is 6.34. The fourth-order valence-corrected chi connectivity index (χ4v) is 2.57. The molecule has 0 bridgehead atoms. The van der Waals surface area contributed by atoms with Gasteiger partial charge in [-0.1, -0.05) is 0 Å². The van der Waals surface area contributed by atoms with Crippen molar-refractivity contribution >= 4 is 66.7 Å². The van der Waals surface area contributed by atoms with Crippen LogP contribution in [0, 0.1) is 11.6 Å². The number of nitrogens with two attached hydrogens (primary N) is 1. The van der Waals surface area contributed by atoms with Gasteiger partial charge < -0.3 is 15.8 Å². The van der Waals surface area contributed by atoms with Gasteiger partial charge in [0.05, 0.1) is 22.5 Å². The van der Waals surface area contributed by atoms with E-state index in [9.17, 15) is 28.0 Å². The van der Waals surface area contributed by atoms with E-state index in [0.29, 0.717) is 15.8 Å². The second-order valence-corrected chi connectivity index (χ2v) is 7.89. The molecule has 11 heteroatoms. The minimum atomic E-state index is -0.475. The van der Waals surface area contributed by atoms with E-state index < -0.39 is 17.7 Å². The molecule has 0 saturated carbocycles. The maximum absolute atomic E-state index is 12.8. The molecule has 32 heavy (non-hydrogen) atoms. The molecule has 0 saturated heterocycles. The summed E-state index contributed by atoms with van der Waals surface area (Å²) in [5.74, 6) is -1.95. The standard InChI is InChI=1S/C10H9BrFNO2.C6H5BrFN.C5H8O3/c1-6(14)4-10(15)13-7-2-3-9(12)8(11)5-7;7-5-3-4(9)1-2-6(5)8;1-4(6)3-5(7)8-2/h2-3,5H,4H2,1H3,(H,13,15);1-3H,9H2;3H2,1-2H3. The molecular weight excluding hydrogens is 558 g/mol. The first kappa shape index (κ1) is 29.3. The molecule has 0 atom stereocenters. The van der Waals surface area contributed by atoms with Crippen molar-refractivity contribution < 1.29 is 32.7 Å². The number of carbonyl (C=O) groups is 4. The molecule has 7 nitrogen and oxygen atoms in total. The van der Waals surface area contributed by atoms with Gasteiger partial charge in [0, 0.05) is 11.4 Å². The van der Waals surface area contributed by atoms with Crippen molar-refractivity contribution in [2.45, 2.75) is 26.7 Å². The van der Waals surface area contributed by atoms with E-state index in [0.717, 1.165) is 0 Å². The van der Waals surface area contributed by atoms with Crippen molar-refractivity contribution in [1.29, 1.82) is 0 Å². The molecule has 0 heterocycles. The van der Waals surface area contributed by atoms with Crippen molar-refractivity contribution in [3.63, 3.8) is 0 Å². The monoisotopic (exact) mass is 578 g/mol. The van der Waals surface area contributed by atoms with Gasteiger partial charge in [0.2, 0.25) is 5.91 Å². The van der Waals surface area contributed by atoms with E-state index in [4.69, 9.17) is 5.73 Å². The van der Waals surface area contributed by atoms with E-state index in [2.05, 4.69) is 41.9 Å². The van der Waals surface area contributed by atoms with Gasteiger partial charge >= 0.3 is 5.97 Å². The molecule has 2 aromatic rings. The molecule has 0 aromatic heterocycles. The van der Waals surface area contributed by atoms with Crippen molar-refractivity contribution in [1.82, 2.24) is 0 Å². The average molecular weight is 580 g/mol. The first-order chi connectivity index (χ1) is 14.8. The zero-order valence-corrected chi connectivity index (χ0v) is 20.7. The number of anilines is 2. The number of ketones is 2. The highest BCUT2D eigenvalue weighted by atomic mass is 79.9. The Hall–Kier alpha value is -2.66. The maximum Gasteiger partial charge on any atom is 0.313 e. The van der Waals surface area contributed by atoms with Gasteiger partial charge in [-0.25, -0.2) is 8.78 Å². The summed E-state index contributed by atoms with van der Waals surface area (Å²) < 4.78 is 30.1. The summed E-state index contributed by atoms with van der Waals surface area (Å²) in [6.07, 6.45) is -0.286. The predicted octanol–water partition coefficient (Wildman–Crippen LogP) is 4.81. The topological polar surface area (TPSA) is 116 Å². The molecule has 0 unspecified atom stereocenters. The van der Waals surface area contributed by atoms with Gasteiger partial charge in [-0.3, -0.25) is 19.2 Å². The molecule has 0 aliphatic heterocycles. The van der Waals surface area contributed by atoms with Crippen LogP contribution in [0.25, 0.3) is 0 Å². The number of methoxy groups -OCH3 is 1. The highest BCUT2D eigenvalue weighted by Crippen LogP contribution is 2.20. The zero-order chi connectivity index (χ0) is 24.8. The molecule has 0 aliphatic rings. The predicted molar refractivity (Wildman–Crippen MR) is 124 cm³/mol. The minimum Gasteiger partial charge on any atom is -0.469 e. The van der Waals surface area contributed by atoms with Gasteiger partial charge in [0.15, 0.2) is 0 Å². The minimum absolute atomic E-state index is 0.115. The Balaban J connectivity index is 0.000000485. The number of ether oxygens (including phenoxy) is 1. The third-order valence-corrected chi connectivity index (χ3v) is 4.39. The largest absolute Gasteiger partial charge is 0.469 e. The van der Waals surface area contributed by atoms with Crippen molar-refractivity contribution in [3.05, 3.63) is 57.0 Å². The highest BCUT2D eigenvalue weighted by Gasteiger charge is 2.07. The number of hydrogen-bond acceptors (Lipinski definition) is 6. The number of carbonyl (C=O) groups excluding carboxylic acids is 4. The maximum atomic E-state index is 12.8. The van der Waals surface area contributed by atoms with Gasteiger partial charge in [-0.15, -0.1) is 0 Å². The Morgan fingerprint density at radius 1 is 0.906 bits per heavy atom. The van der Waals surface area contributed by atoms with E-state index in [1.165, 1.54) is 57.4 Å². The lowest BCUT2D eigenvalue weighted by Crippen LogP contribution is -2.14. The summed E-state index contributed by atoms with van der Waals surface area (Å²) in [6, 6.07) is 8.45. The van der Waals surface area contributed by atoms with Crippen LogP contribution in [0.15, 0.2) is 45.3 Å². The second-order valence-electron chi connectivity index (χ2n) is 6.18. The lowest BCUT2D eigenvalue weighted by Gasteiger charge is -2.04. The summed E-state index contributed by atoms with van der Waals surface area (Å²) in [7, 11) is 1.26. The normalized spacial score (nSPS) is 9.34. The number of nitrogens with one attached hydrogen (secondary N) is 1. The summed E-state index contributed by atoms with van der Waals surface area (Å²) in [6.45, 7) is 2.68. The Bertz CT molecular complexity index is 971. The van der Waals surface area contributed by atoms with Gasteiger partial charge in [0.1, 0.15) is 29.6 Å². The fourth-order valence-electron chi connectivity index (χ4n) is 1.79. The van der Waals surface area contributed by atoms with Crippen LogP contribution in [0.5, 0.6) is 0 Å². The van der Waals surface area contributed by atoms with Crippen LogP contribution in [0.2, 0.25) is 0 Å². The number of amides is 1. The molecular formula is C21H22Br2F2N2O5. The molecule has 3 N–H and O–H groups in total. The average Bonchev–Trinajstić information content (AvgIpc) is 2.67. The van der Waals surface area contributed by atoms with Crippen LogP contribution < -0.4 is 11.1 Å². The molecule has 0 radical (unpaired) electrons. The smallest absolute Gasteiger partial charge is 0.313 e. The molecule has 2 rings (SSSR count). The number of halogens is 4. The number of benzene rings is 2. The summed E-state index contributed by atoms with van der Waals surface area (Å²) in [5, 5.41) is 2.48. The number of nitrogen functional groups attached to an aromatic ring is 1. The van der Waals surface area contributed by atoms with Crippen molar-refractivity contribution in [2.24, 2.45) is 0 Å². The van der Waals surface area contributed by atoms with E-state index >= 15 is 0 Å². The number of rotatable bonds is 5. The van der Waals surface area contributed by atoms with Crippen molar-refractivity contribution in [2.75, 3.05) is 18.2 Å². The lowest BCUT2D eigenvalue weighted by molar-refractivity contribution is -0.143. The van der Waals surface area contributed by atoms with Gasteiger partial charge in [-0.2, -0.15) is 0 Å². The Labute approximate surface area is 201 Å². The van der Waals surface area contributed by atoms with E-state index in [1.54, 1.807) is 0 Å². The number of Topliss-reactive ketones (excluding diaryl/α,β-unsaturated/α-hetero) is 2. The SMILES string of the molecule is CC(=O)CC(=O)Nc1ccc(F)c(Br)c1.COC(=O)CC(C)=O.Nc1ccc(F)c(Br)c1. The first-order valence-corrected chi connectivity index (χ1v) is 10.4. The van der Waals surface area contributed by atoms with Crippen LogP contribution in [-0.4, -0.2) is 30.6 Å². The Morgan fingerprint density at radius 2 is 1.41 bits per heavy atom. The Kier molecular flexibility index (Phi) is 13.9. The summed E-state index contributed by atoms with van der Waals surface area (Å²) >= 11 is 5.98. The van der Waals surface area contributed by atoms with E-state index in [1.807, 2.05) is 0 Å². The fraction of sp³-hybridized carbons (Fsp3) is 0.238. The van der Waals surface area contributed by atoms with E-state index in [-0.39, 0.29) is 34.7 Å². The molecule has 0 fully saturated rings. The second kappa shape index (κ2) is 15.2. The first-order valence-electron chi connectivity index (χ1n) is 8.86. The van der Waals surface area contributed by atoms with Crippen molar-refractivity contribution in [3.8, 4) is 0 Å². The third kappa shape index (κ3) is 13.6. The Morgan fingerprint density at radius 3 is 1.78 bits per heavy atom. The molecule has 2 aromatic carbocycles. The number of esters is 1. The zero-order valence-electron chi connectivity index (χ0n) is 17.5. The molecule has 174 valence electrons. The lowest BCUT2D eigenvalue weighted by atomic mass is 10.2. The summed E-state index contributed by atoms with van der Waals surface area (Å²) in [4.78, 5) is 42.1.